The highest BCUT2D eigenvalue weighted by atomic mass is 127. The van der Waals surface area contributed by atoms with Gasteiger partial charge in [0.1, 0.15) is 5.82 Å². The summed E-state index contributed by atoms with van der Waals surface area (Å²) in [6.45, 7) is 9.56. The number of nitrogens with zero attached hydrogens (tertiary/aromatic N) is 1. The quantitative estimate of drug-likeness (QED) is 0.671. The lowest BCUT2D eigenvalue weighted by Crippen LogP contribution is -2.21. The Bertz CT molecular complexity index is 443. The summed E-state index contributed by atoms with van der Waals surface area (Å²) in [4.78, 5) is 16.2. The predicted octanol–water partition coefficient (Wildman–Crippen LogP) is 3.54. The number of hydrogen-bond donors (Lipinski definition) is 1. The molecule has 0 aromatic carbocycles. The number of pyridine rings is 1. The van der Waals surface area contributed by atoms with Gasteiger partial charge >= 0.3 is 0 Å². The molecule has 1 N–H and O–H groups in total. The van der Waals surface area contributed by atoms with E-state index in [2.05, 4.69) is 39.5 Å². The summed E-state index contributed by atoms with van der Waals surface area (Å²) in [5, 5.41) is 2.82. The second kappa shape index (κ2) is 6.14. The van der Waals surface area contributed by atoms with E-state index < -0.39 is 0 Å². The highest BCUT2D eigenvalue weighted by Crippen LogP contribution is 2.15. The van der Waals surface area contributed by atoms with E-state index in [9.17, 15) is 4.79 Å². The Kier molecular flexibility index (Phi) is 5.11. The predicted molar refractivity (Wildman–Crippen MR) is 78.9 cm³/mol. The summed E-state index contributed by atoms with van der Waals surface area (Å²) in [5.41, 5.74) is 1.94. The molecule has 1 heterocycles. The molecule has 1 rings (SSSR count). The zero-order valence-corrected chi connectivity index (χ0v) is 12.5. The summed E-state index contributed by atoms with van der Waals surface area (Å²) in [7, 11) is 0. The van der Waals surface area contributed by atoms with Crippen LogP contribution in [0.5, 0.6) is 0 Å². The number of aryl methyl sites for hydroxylation is 1. The number of amides is 1. The molecule has 3 nitrogen and oxygen atoms in total. The Morgan fingerprint density at radius 2 is 2.24 bits per heavy atom. The minimum Gasteiger partial charge on any atom is -0.310 e. The molecular weight excluding hydrogens is 327 g/mol. The van der Waals surface area contributed by atoms with Crippen molar-refractivity contribution in [1.82, 2.24) is 4.98 Å². The normalized spacial score (nSPS) is 12.0. The molecule has 0 spiro atoms. The van der Waals surface area contributed by atoms with Crippen molar-refractivity contribution in [3.05, 3.63) is 33.5 Å². The average Bonchev–Trinajstić information content (AvgIpc) is 2.22. The van der Waals surface area contributed by atoms with Gasteiger partial charge in [-0.05, 0) is 55.0 Å². The second-order valence-electron chi connectivity index (χ2n) is 4.32. The first-order chi connectivity index (χ1) is 7.90. The van der Waals surface area contributed by atoms with Crippen LogP contribution in [-0.2, 0) is 4.79 Å². The van der Waals surface area contributed by atoms with Crippen LogP contribution in [0.3, 0.4) is 0 Å². The summed E-state index contributed by atoms with van der Waals surface area (Å²) in [6.07, 6.45) is 0.704. The standard InChI is InChI=1S/C13H17IN2O/c1-8(2)7-9(3)13(17)16-12-6-5-11(14)10(4)15-12/h5-6,9H,1,7H2,2-4H3,(H,15,16,17)/t9-/m0/s1. The molecule has 0 radical (unpaired) electrons. The smallest absolute Gasteiger partial charge is 0.228 e. The maximum Gasteiger partial charge on any atom is 0.228 e. The van der Waals surface area contributed by atoms with Crippen molar-refractivity contribution < 1.29 is 4.79 Å². The van der Waals surface area contributed by atoms with E-state index in [0.29, 0.717) is 12.2 Å². The number of allylic oxidation sites excluding steroid dienone is 1. The Balaban J connectivity index is 2.67. The van der Waals surface area contributed by atoms with Gasteiger partial charge in [-0.1, -0.05) is 12.5 Å². The molecule has 0 aliphatic heterocycles. The maximum atomic E-state index is 11.9. The van der Waals surface area contributed by atoms with Crippen LogP contribution in [0.4, 0.5) is 5.82 Å². The van der Waals surface area contributed by atoms with Crippen LogP contribution < -0.4 is 5.32 Å². The molecule has 1 amide bonds. The average molecular weight is 344 g/mol. The number of nitrogens with one attached hydrogen (secondary N) is 1. The molecule has 0 saturated heterocycles. The zero-order valence-electron chi connectivity index (χ0n) is 10.4. The van der Waals surface area contributed by atoms with Crippen molar-refractivity contribution in [1.29, 1.82) is 0 Å². The Morgan fingerprint density at radius 3 is 2.76 bits per heavy atom. The first-order valence-electron chi connectivity index (χ1n) is 5.48. The number of carbonyl (C=O) groups is 1. The summed E-state index contributed by atoms with van der Waals surface area (Å²) >= 11 is 2.22. The van der Waals surface area contributed by atoms with Gasteiger partial charge in [0.25, 0.3) is 0 Å². The lowest BCUT2D eigenvalue weighted by atomic mass is 10.0. The molecular formula is C13H17IN2O. The van der Waals surface area contributed by atoms with Crippen molar-refractivity contribution in [3.8, 4) is 0 Å². The first-order valence-corrected chi connectivity index (χ1v) is 6.56. The van der Waals surface area contributed by atoms with Crippen LogP contribution in [0.15, 0.2) is 24.3 Å². The molecule has 0 aliphatic carbocycles. The van der Waals surface area contributed by atoms with Gasteiger partial charge in [-0.25, -0.2) is 4.98 Å². The molecule has 1 atom stereocenters. The summed E-state index contributed by atoms with van der Waals surface area (Å²) in [6, 6.07) is 3.77. The molecule has 0 aliphatic rings. The van der Waals surface area contributed by atoms with E-state index in [4.69, 9.17) is 0 Å². The SMILES string of the molecule is C=C(C)C[C@H](C)C(=O)Nc1ccc(I)c(C)n1. The lowest BCUT2D eigenvalue weighted by molar-refractivity contribution is -0.119. The highest BCUT2D eigenvalue weighted by molar-refractivity contribution is 14.1. The van der Waals surface area contributed by atoms with E-state index in [1.165, 1.54) is 0 Å². The van der Waals surface area contributed by atoms with E-state index in [-0.39, 0.29) is 11.8 Å². The number of anilines is 1. The van der Waals surface area contributed by atoms with Gasteiger partial charge in [-0.3, -0.25) is 4.79 Å². The molecule has 17 heavy (non-hydrogen) atoms. The summed E-state index contributed by atoms with van der Waals surface area (Å²) < 4.78 is 1.09. The molecule has 1 aromatic rings. The van der Waals surface area contributed by atoms with Crippen molar-refractivity contribution in [2.24, 2.45) is 5.92 Å². The first kappa shape index (κ1) is 14.2. The fourth-order valence-electron chi connectivity index (χ4n) is 1.48. The zero-order chi connectivity index (χ0) is 13.0. The molecule has 0 unspecified atom stereocenters. The number of halogens is 1. The molecule has 1 aromatic heterocycles. The van der Waals surface area contributed by atoms with Crippen molar-refractivity contribution in [3.63, 3.8) is 0 Å². The topological polar surface area (TPSA) is 42.0 Å². The van der Waals surface area contributed by atoms with Gasteiger partial charge in [0.15, 0.2) is 0 Å². The largest absolute Gasteiger partial charge is 0.310 e. The fraction of sp³-hybridized carbons (Fsp3) is 0.385. The van der Waals surface area contributed by atoms with Gasteiger partial charge in [0.2, 0.25) is 5.91 Å². The number of hydrogen-bond acceptors (Lipinski definition) is 2. The molecule has 0 fully saturated rings. The minimum atomic E-state index is -0.0751. The van der Waals surface area contributed by atoms with Crippen LogP contribution in [0, 0.1) is 16.4 Å². The van der Waals surface area contributed by atoms with E-state index in [1.54, 1.807) is 0 Å². The third-order valence-electron chi connectivity index (χ3n) is 2.37. The lowest BCUT2D eigenvalue weighted by Gasteiger charge is -2.12. The Morgan fingerprint density at radius 1 is 1.59 bits per heavy atom. The van der Waals surface area contributed by atoms with Crippen LogP contribution in [0.2, 0.25) is 0 Å². The molecule has 92 valence electrons. The highest BCUT2D eigenvalue weighted by Gasteiger charge is 2.13. The van der Waals surface area contributed by atoms with E-state index in [0.717, 1.165) is 14.8 Å². The van der Waals surface area contributed by atoms with Crippen LogP contribution in [0.25, 0.3) is 0 Å². The third-order valence-corrected chi connectivity index (χ3v) is 3.51. The van der Waals surface area contributed by atoms with Gasteiger partial charge in [-0.15, -0.1) is 6.58 Å². The summed E-state index contributed by atoms with van der Waals surface area (Å²) in [5.74, 6) is 0.525. The van der Waals surface area contributed by atoms with Crippen LogP contribution in [0.1, 0.15) is 26.0 Å². The van der Waals surface area contributed by atoms with Crippen molar-refractivity contribution in [2.45, 2.75) is 27.2 Å². The molecule has 4 heteroatoms. The number of carbonyl (C=O) groups excluding carboxylic acids is 1. The number of aromatic nitrogens is 1. The molecule has 0 saturated carbocycles. The monoisotopic (exact) mass is 344 g/mol. The van der Waals surface area contributed by atoms with Gasteiger partial charge < -0.3 is 5.32 Å². The maximum absolute atomic E-state index is 11.9. The van der Waals surface area contributed by atoms with Gasteiger partial charge in [0.05, 0.1) is 5.69 Å². The van der Waals surface area contributed by atoms with Crippen molar-refractivity contribution in [2.75, 3.05) is 5.32 Å². The van der Waals surface area contributed by atoms with Crippen LogP contribution in [-0.4, -0.2) is 10.9 Å². The third kappa shape index (κ3) is 4.46. The van der Waals surface area contributed by atoms with Crippen molar-refractivity contribution >= 4 is 34.3 Å². The second-order valence-corrected chi connectivity index (χ2v) is 5.48. The minimum absolute atomic E-state index is 0.0129. The van der Waals surface area contributed by atoms with Gasteiger partial charge in [-0.2, -0.15) is 0 Å². The fourth-order valence-corrected chi connectivity index (χ4v) is 1.78. The van der Waals surface area contributed by atoms with E-state index >= 15 is 0 Å². The Labute approximate surface area is 116 Å². The Hall–Kier alpha value is -0.910. The van der Waals surface area contributed by atoms with Gasteiger partial charge in [0, 0.05) is 9.49 Å². The molecule has 0 bridgehead atoms. The van der Waals surface area contributed by atoms with E-state index in [1.807, 2.05) is 32.9 Å². The van der Waals surface area contributed by atoms with Crippen LogP contribution >= 0.6 is 22.6 Å². The number of rotatable bonds is 4.